The van der Waals surface area contributed by atoms with Gasteiger partial charge in [-0.1, -0.05) is 6.07 Å². The molecular weight excluding hydrogens is 383 g/mol. The van der Waals surface area contributed by atoms with Crippen molar-refractivity contribution in [2.75, 3.05) is 12.4 Å². The first-order valence-electron chi connectivity index (χ1n) is 8.33. The van der Waals surface area contributed by atoms with Gasteiger partial charge in [-0.15, -0.1) is 11.3 Å². The van der Waals surface area contributed by atoms with Gasteiger partial charge in [-0.05, 0) is 43.3 Å². The van der Waals surface area contributed by atoms with E-state index in [9.17, 15) is 14.0 Å². The fraction of sp³-hybridized carbons (Fsp3) is 0.150. The second-order valence-electron chi connectivity index (χ2n) is 5.81. The highest BCUT2D eigenvalue weighted by atomic mass is 32.1. The van der Waals surface area contributed by atoms with E-state index in [0.29, 0.717) is 22.0 Å². The molecule has 0 saturated heterocycles. The summed E-state index contributed by atoms with van der Waals surface area (Å²) in [5.41, 5.74) is 1.30. The first-order valence-corrected chi connectivity index (χ1v) is 9.21. The van der Waals surface area contributed by atoms with Crippen LogP contribution in [0.4, 0.5) is 10.1 Å². The number of nitrogens with one attached hydrogen (secondary N) is 1. The molecule has 0 spiro atoms. The van der Waals surface area contributed by atoms with E-state index in [0.717, 1.165) is 0 Å². The number of carbonyl (C=O) groups is 2. The molecule has 0 aliphatic rings. The maximum Gasteiger partial charge on any atom is 0.358 e. The minimum absolute atomic E-state index is 0.0883. The van der Waals surface area contributed by atoms with E-state index >= 15 is 0 Å². The van der Waals surface area contributed by atoms with Crippen molar-refractivity contribution in [2.45, 2.75) is 13.0 Å². The molecule has 1 amide bonds. The SMILES string of the molecule is COc1cccc(NC(=O)[C@H](C)OC(=O)c2csc(-c3ccc(F)cc3)n2)c1. The molecule has 144 valence electrons. The maximum atomic E-state index is 13.0. The van der Waals surface area contributed by atoms with Crippen molar-refractivity contribution in [3.8, 4) is 16.3 Å². The molecule has 3 rings (SSSR count). The van der Waals surface area contributed by atoms with Gasteiger partial charge in [0.2, 0.25) is 0 Å². The van der Waals surface area contributed by atoms with Gasteiger partial charge >= 0.3 is 5.97 Å². The summed E-state index contributed by atoms with van der Waals surface area (Å²) in [6.07, 6.45) is -1.02. The first kappa shape index (κ1) is 19.5. The number of aromatic nitrogens is 1. The van der Waals surface area contributed by atoms with E-state index in [2.05, 4.69) is 10.3 Å². The van der Waals surface area contributed by atoms with Crippen LogP contribution in [0.25, 0.3) is 10.6 Å². The van der Waals surface area contributed by atoms with E-state index in [1.807, 2.05) is 0 Å². The van der Waals surface area contributed by atoms with Crippen LogP contribution in [-0.2, 0) is 9.53 Å². The van der Waals surface area contributed by atoms with Gasteiger partial charge in [-0.25, -0.2) is 14.2 Å². The summed E-state index contributed by atoms with van der Waals surface area (Å²) >= 11 is 1.23. The molecule has 3 aromatic rings. The van der Waals surface area contributed by atoms with Gasteiger partial charge in [0, 0.05) is 22.7 Å². The summed E-state index contributed by atoms with van der Waals surface area (Å²) in [4.78, 5) is 28.7. The van der Waals surface area contributed by atoms with Crippen LogP contribution in [0.1, 0.15) is 17.4 Å². The van der Waals surface area contributed by atoms with E-state index in [1.54, 1.807) is 36.4 Å². The Morgan fingerprint density at radius 1 is 1.18 bits per heavy atom. The summed E-state index contributed by atoms with van der Waals surface area (Å²) in [5, 5.41) is 4.75. The Morgan fingerprint density at radius 3 is 2.64 bits per heavy atom. The third-order valence-electron chi connectivity index (χ3n) is 3.79. The fourth-order valence-electron chi connectivity index (χ4n) is 2.31. The Labute approximate surface area is 164 Å². The summed E-state index contributed by atoms with van der Waals surface area (Å²) in [7, 11) is 1.53. The molecule has 0 aliphatic heterocycles. The van der Waals surface area contributed by atoms with Crippen LogP contribution in [0.5, 0.6) is 5.75 Å². The monoisotopic (exact) mass is 400 g/mol. The normalized spacial score (nSPS) is 11.5. The van der Waals surface area contributed by atoms with Crippen molar-refractivity contribution in [2.24, 2.45) is 0 Å². The van der Waals surface area contributed by atoms with Gasteiger partial charge in [0.15, 0.2) is 11.8 Å². The second kappa shape index (κ2) is 8.62. The van der Waals surface area contributed by atoms with Crippen LogP contribution < -0.4 is 10.1 Å². The average molecular weight is 400 g/mol. The molecule has 1 heterocycles. The molecule has 0 fully saturated rings. The summed E-state index contributed by atoms with van der Waals surface area (Å²) in [6.45, 7) is 1.47. The predicted molar refractivity (Wildman–Crippen MR) is 104 cm³/mol. The predicted octanol–water partition coefficient (Wildman–Crippen LogP) is 4.14. The molecule has 0 bridgehead atoms. The minimum Gasteiger partial charge on any atom is -0.497 e. The second-order valence-corrected chi connectivity index (χ2v) is 6.67. The number of ether oxygens (including phenoxy) is 2. The van der Waals surface area contributed by atoms with Crippen molar-refractivity contribution in [3.63, 3.8) is 0 Å². The molecule has 2 aromatic carbocycles. The summed E-state index contributed by atoms with van der Waals surface area (Å²) in [6, 6.07) is 12.6. The molecule has 1 atom stereocenters. The van der Waals surface area contributed by atoms with E-state index < -0.39 is 18.0 Å². The zero-order chi connectivity index (χ0) is 20.1. The molecule has 0 saturated carbocycles. The van der Waals surface area contributed by atoms with Crippen LogP contribution in [0.2, 0.25) is 0 Å². The van der Waals surface area contributed by atoms with Crippen molar-refractivity contribution in [1.82, 2.24) is 4.98 Å². The number of rotatable bonds is 6. The van der Waals surface area contributed by atoms with Gasteiger partial charge < -0.3 is 14.8 Å². The lowest BCUT2D eigenvalue weighted by Crippen LogP contribution is -2.30. The quantitative estimate of drug-likeness (QED) is 0.629. The standard InChI is InChI=1S/C20H17FN2O4S/c1-12(18(24)22-15-4-3-5-16(10-15)26-2)27-20(25)17-11-28-19(23-17)13-6-8-14(21)9-7-13/h3-12H,1-2H3,(H,22,24)/t12-/m0/s1. The number of amides is 1. The number of esters is 1. The molecule has 1 aromatic heterocycles. The largest absolute Gasteiger partial charge is 0.497 e. The third-order valence-corrected chi connectivity index (χ3v) is 4.69. The zero-order valence-corrected chi connectivity index (χ0v) is 16.0. The number of hydrogen-bond acceptors (Lipinski definition) is 6. The number of hydrogen-bond donors (Lipinski definition) is 1. The minimum atomic E-state index is -1.02. The average Bonchev–Trinajstić information content (AvgIpc) is 3.19. The number of benzene rings is 2. The Morgan fingerprint density at radius 2 is 1.93 bits per heavy atom. The third kappa shape index (κ3) is 4.72. The molecule has 6 nitrogen and oxygen atoms in total. The molecular formula is C20H17FN2O4S. The number of carbonyl (C=O) groups excluding carboxylic acids is 2. The lowest BCUT2D eigenvalue weighted by Gasteiger charge is -2.13. The maximum absolute atomic E-state index is 13.0. The van der Waals surface area contributed by atoms with Gasteiger partial charge in [-0.2, -0.15) is 0 Å². The zero-order valence-electron chi connectivity index (χ0n) is 15.1. The van der Waals surface area contributed by atoms with Gasteiger partial charge in [0.25, 0.3) is 5.91 Å². The number of anilines is 1. The lowest BCUT2D eigenvalue weighted by atomic mass is 10.2. The van der Waals surface area contributed by atoms with Crippen LogP contribution in [-0.4, -0.2) is 30.1 Å². The van der Waals surface area contributed by atoms with E-state index in [1.165, 1.54) is 42.9 Å². The molecule has 1 N–H and O–H groups in total. The van der Waals surface area contributed by atoms with Gasteiger partial charge in [0.1, 0.15) is 16.6 Å². The molecule has 0 radical (unpaired) electrons. The van der Waals surface area contributed by atoms with Crippen LogP contribution in [0.15, 0.2) is 53.9 Å². The van der Waals surface area contributed by atoms with Gasteiger partial charge in [-0.3, -0.25) is 4.79 Å². The molecule has 8 heteroatoms. The van der Waals surface area contributed by atoms with Gasteiger partial charge in [0.05, 0.1) is 7.11 Å². The topological polar surface area (TPSA) is 77.5 Å². The Kier molecular flexibility index (Phi) is 6.00. The van der Waals surface area contributed by atoms with Crippen LogP contribution >= 0.6 is 11.3 Å². The highest BCUT2D eigenvalue weighted by Gasteiger charge is 2.21. The fourth-order valence-corrected chi connectivity index (χ4v) is 3.11. The summed E-state index contributed by atoms with van der Waals surface area (Å²) in [5.74, 6) is -0.942. The van der Waals surface area contributed by atoms with E-state index in [4.69, 9.17) is 9.47 Å². The molecule has 28 heavy (non-hydrogen) atoms. The van der Waals surface area contributed by atoms with E-state index in [-0.39, 0.29) is 11.5 Å². The highest BCUT2D eigenvalue weighted by molar-refractivity contribution is 7.13. The smallest absolute Gasteiger partial charge is 0.358 e. The molecule has 0 unspecified atom stereocenters. The first-order chi connectivity index (χ1) is 13.5. The van der Waals surface area contributed by atoms with Crippen LogP contribution in [0.3, 0.4) is 0 Å². The highest BCUT2D eigenvalue weighted by Crippen LogP contribution is 2.24. The lowest BCUT2D eigenvalue weighted by molar-refractivity contribution is -0.123. The van der Waals surface area contributed by atoms with Crippen molar-refractivity contribution < 1.29 is 23.5 Å². The Hall–Kier alpha value is -3.26. The Bertz CT molecular complexity index is 988. The van der Waals surface area contributed by atoms with Crippen molar-refractivity contribution in [1.29, 1.82) is 0 Å². The molecule has 0 aliphatic carbocycles. The van der Waals surface area contributed by atoms with Crippen molar-refractivity contribution >= 4 is 28.9 Å². The number of halogens is 1. The van der Waals surface area contributed by atoms with Crippen LogP contribution in [0, 0.1) is 5.82 Å². The number of nitrogens with zero attached hydrogens (tertiary/aromatic N) is 1. The number of methoxy groups -OCH3 is 1. The summed E-state index contributed by atoms with van der Waals surface area (Å²) < 4.78 is 23.3. The number of thiazole rings is 1. The Balaban J connectivity index is 1.62. The van der Waals surface area contributed by atoms with Crippen molar-refractivity contribution in [3.05, 3.63) is 65.4 Å².